The van der Waals surface area contributed by atoms with Gasteiger partial charge in [0, 0.05) is 23.7 Å². The van der Waals surface area contributed by atoms with E-state index in [1.54, 1.807) is 0 Å². The van der Waals surface area contributed by atoms with Gasteiger partial charge in [-0.05, 0) is 52.1 Å². The van der Waals surface area contributed by atoms with Gasteiger partial charge in [0.05, 0.1) is 16.6 Å². The molecule has 3 heterocycles. The molecule has 2 atom stereocenters. The fraction of sp³-hybridized carbons (Fsp3) is 0.588. The van der Waals surface area contributed by atoms with Gasteiger partial charge in [-0.2, -0.15) is 0 Å². The highest BCUT2D eigenvalue weighted by Gasteiger charge is 2.30. The van der Waals surface area contributed by atoms with E-state index in [0.717, 1.165) is 49.0 Å². The van der Waals surface area contributed by atoms with Crippen LogP contribution < -0.4 is 10.6 Å². The average Bonchev–Trinajstić information content (AvgIpc) is 3.33. The molecule has 2 aliphatic rings. The number of piperidine rings is 1. The predicted octanol–water partition coefficient (Wildman–Crippen LogP) is 2.70. The summed E-state index contributed by atoms with van der Waals surface area (Å²) in [7, 11) is 0. The molecule has 1 saturated carbocycles. The van der Waals surface area contributed by atoms with E-state index in [0.29, 0.717) is 17.2 Å². The Morgan fingerprint density at radius 1 is 1.38 bits per heavy atom. The number of rotatable bonds is 3. The lowest BCUT2D eigenvalue weighted by atomic mass is 9.99. The van der Waals surface area contributed by atoms with E-state index in [-0.39, 0.29) is 30.4 Å². The zero-order valence-corrected chi connectivity index (χ0v) is 14.8. The lowest BCUT2D eigenvalue weighted by Gasteiger charge is -2.30. The van der Waals surface area contributed by atoms with Crippen molar-refractivity contribution in [2.75, 3.05) is 6.54 Å². The van der Waals surface area contributed by atoms with E-state index in [1.807, 2.05) is 13.0 Å². The van der Waals surface area contributed by atoms with Crippen LogP contribution in [0.25, 0.3) is 11.1 Å². The first-order valence-electron chi connectivity index (χ1n) is 8.44. The summed E-state index contributed by atoms with van der Waals surface area (Å²) in [6.45, 7) is 4.99. The van der Waals surface area contributed by atoms with Crippen LogP contribution >= 0.6 is 12.4 Å². The largest absolute Gasteiger partial charge is 0.348 e. The van der Waals surface area contributed by atoms with Crippen molar-refractivity contribution in [3.05, 3.63) is 23.0 Å². The minimum Gasteiger partial charge on any atom is -0.348 e. The molecular weight excluding hydrogens is 328 g/mol. The highest BCUT2D eigenvalue weighted by atomic mass is 35.5. The Balaban J connectivity index is 0.00000169. The molecule has 130 valence electrons. The zero-order valence-electron chi connectivity index (χ0n) is 14.0. The van der Waals surface area contributed by atoms with Crippen LogP contribution in [0.4, 0.5) is 0 Å². The maximum Gasteiger partial charge on any atom is 0.259 e. The second-order valence-corrected chi connectivity index (χ2v) is 6.78. The maximum absolute atomic E-state index is 12.9. The summed E-state index contributed by atoms with van der Waals surface area (Å²) >= 11 is 0. The van der Waals surface area contributed by atoms with Gasteiger partial charge in [0.1, 0.15) is 0 Å². The molecule has 7 heteroatoms. The zero-order chi connectivity index (χ0) is 16.0. The van der Waals surface area contributed by atoms with Gasteiger partial charge in [0.2, 0.25) is 0 Å². The number of fused-ring (bicyclic) bond motifs is 1. The number of amides is 1. The summed E-state index contributed by atoms with van der Waals surface area (Å²) in [5, 5.41) is 11.3. The SMILES string of the molecule is Cc1noc2nc(C3CC3)cc(C(=O)NC3CCCNC3C)c12.Cl. The third kappa shape index (κ3) is 3.13. The molecule has 2 aromatic heterocycles. The predicted molar refractivity (Wildman–Crippen MR) is 93.7 cm³/mol. The molecule has 1 amide bonds. The number of aryl methyl sites for hydroxylation is 1. The molecule has 1 aliphatic heterocycles. The van der Waals surface area contributed by atoms with Gasteiger partial charge in [0.25, 0.3) is 11.6 Å². The van der Waals surface area contributed by atoms with Crippen LogP contribution in [0.3, 0.4) is 0 Å². The van der Waals surface area contributed by atoms with Gasteiger partial charge in [-0.3, -0.25) is 4.79 Å². The molecule has 4 rings (SSSR count). The topological polar surface area (TPSA) is 80.0 Å². The number of halogens is 1. The first-order valence-corrected chi connectivity index (χ1v) is 8.44. The van der Waals surface area contributed by atoms with Gasteiger partial charge in [-0.1, -0.05) is 5.16 Å². The highest BCUT2D eigenvalue weighted by Crippen LogP contribution is 2.40. The Labute approximate surface area is 147 Å². The van der Waals surface area contributed by atoms with Gasteiger partial charge in [0.15, 0.2) is 0 Å². The van der Waals surface area contributed by atoms with Crippen LogP contribution in [-0.4, -0.2) is 34.7 Å². The summed E-state index contributed by atoms with van der Waals surface area (Å²) in [6, 6.07) is 2.38. The van der Waals surface area contributed by atoms with E-state index in [9.17, 15) is 4.79 Å². The van der Waals surface area contributed by atoms with Crippen molar-refractivity contribution in [1.82, 2.24) is 20.8 Å². The van der Waals surface area contributed by atoms with E-state index < -0.39 is 0 Å². The van der Waals surface area contributed by atoms with Gasteiger partial charge >= 0.3 is 0 Å². The van der Waals surface area contributed by atoms with E-state index in [4.69, 9.17) is 4.52 Å². The summed E-state index contributed by atoms with van der Waals surface area (Å²) in [4.78, 5) is 17.4. The van der Waals surface area contributed by atoms with Crippen molar-refractivity contribution >= 4 is 29.4 Å². The third-order valence-corrected chi connectivity index (χ3v) is 4.96. The molecular formula is C17H23ClN4O2. The molecule has 2 unspecified atom stereocenters. The van der Waals surface area contributed by atoms with Crippen LogP contribution in [0.1, 0.15) is 60.3 Å². The second kappa shape index (κ2) is 6.69. The van der Waals surface area contributed by atoms with Crippen LogP contribution in [0.5, 0.6) is 0 Å². The fourth-order valence-electron chi connectivity index (χ4n) is 3.37. The fourth-order valence-corrected chi connectivity index (χ4v) is 3.37. The standard InChI is InChI=1S/C17H22N4O2.ClH/c1-9-13(4-3-7-18-9)19-16(22)12-8-14(11-5-6-11)20-17-15(12)10(2)21-23-17;/h8-9,11,13,18H,3-7H2,1-2H3,(H,19,22);1H. The highest BCUT2D eigenvalue weighted by molar-refractivity contribution is 6.06. The van der Waals surface area contributed by atoms with Crippen molar-refractivity contribution in [2.45, 2.75) is 57.5 Å². The van der Waals surface area contributed by atoms with Crippen LogP contribution in [0.2, 0.25) is 0 Å². The Bertz CT molecular complexity index is 756. The normalized spacial score (nSPS) is 23.8. The summed E-state index contributed by atoms with van der Waals surface area (Å²) in [6.07, 6.45) is 4.36. The second-order valence-electron chi connectivity index (χ2n) is 6.78. The number of nitrogens with one attached hydrogen (secondary N) is 2. The summed E-state index contributed by atoms with van der Waals surface area (Å²) in [5.74, 6) is 0.415. The van der Waals surface area contributed by atoms with E-state index in [1.165, 1.54) is 0 Å². The molecule has 0 spiro atoms. The van der Waals surface area contributed by atoms with Gasteiger partial charge < -0.3 is 15.2 Å². The van der Waals surface area contributed by atoms with Crippen LogP contribution in [-0.2, 0) is 0 Å². The van der Waals surface area contributed by atoms with Crippen molar-refractivity contribution < 1.29 is 9.32 Å². The quantitative estimate of drug-likeness (QED) is 0.889. The monoisotopic (exact) mass is 350 g/mol. The lowest BCUT2D eigenvalue weighted by Crippen LogP contribution is -2.51. The Kier molecular flexibility index (Phi) is 4.78. The molecule has 24 heavy (non-hydrogen) atoms. The number of carbonyl (C=O) groups excluding carboxylic acids is 1. The number of aromatic nitrogens is 2. The van der Waals surface area contributed by atoms with Gasteiger partial charge in [-0.25, -0.2) is 4.98 Å². The summed E-state index contributed by atoms with van der Waals surface area (Å²) in [5.41, 5.74) is 2.80. The van der Waals surface area contributed by atoms with Crippen molar-refractivity contribution in [1.29, 1.82) is 0 Å². The van der Waals surface area contributed by atoms with Crippen molar-refractivity contribution in [2.24, 2.45) is 0 Å². The molecule has 0 bridgehead atoms. The lowest BCUT2D eigenvalue weighted by molar-refractivity contribution is 0.0921. The first kappa shape index (κ1) is 17.2. The number of pyridine rings is 1. The number of hydrogen-bond acceptors (Lipinski definition) is 5. The van der Waals surface area contributed by atoms with E-state index >= 15 is 0 Å². The third-order valence-electron chi connectivity index (χ3n) is 4.96. The minimum absolute atomic E-state index is 0. The Morgan fingerprint density at radius 2 is 2.17 bits per heavy atom. The van der Waals surface area contributed by atoms with Crippen LogP contribution in [0.15, 0.2) is 10.6 Å². The Morgan fingerprint density at radius 3 is 2.88 bits per heavy atom. The van der Waals surface area contributed by atoms with Gasteiger partial charge in [-0.15, -0.1) is 12.4 Å². The van der Waals surface area contributed by atoms with Crippen molar-refractivity contribution in [3.63, 3.8) is 0 Å². The molecule has 6 nitrogen and oxygen atoms in total. The molecule has 2 N–H and O–H groups in total. The first-order chi connectivity index (χ1) is 11.1. The smallest absolute Gasteiger partial charge is 0.259 e. The molecule has 0 radical (unpaired) electrons. The maximum atomic E-state index is 12.9. The number of hydrogen-bond donors (Lipinski definition) is 2. The Hall–Kier alpha value is -1.66. The summed E-state index contributed by atoms with van der Waals surface area (Å²) < 4.78 is 5.32. The molecule has 2 aromatic rings. The number of carbonyl (C=O) groups is 1. The molecule has 1 aliphatic carbocycles. The van der Waals surface area contributed by atoms with Crippen LogP contribution in [0, 0.1) is 6.92 Å². The van der Waals surface area contributed by atoms with Crippen molar-refractivity contribution in [3.8, 4) is 0 Å². The number of nitrogens with zero attached hydrogens (tertiary/aromatic N) is 2. The average molecular weight is 351 g/mol. The molecule has 0 aromatic carbocycles. The molecule has 1 saturated heterocycles. The minimum atomic E-state index is -0.0499. The van der Waals surface area contributed by atoms with E-state index in [2.05, 4.69) is 27.7 Å². The molecule has 2 fully saturated rings.